The first-order valence-electron chi connectivity index (χ1n) is 16.9. The molecule has 12 heteroatoms. The van der Waals surface area contributed by atoms with E-state index < -0.39 is 15.4 Å². The molecule has 0 atom stereocenters. The van der Waals surface area contributed by atoms with E-state index in [0.29, 0.717) is 13.2 Å². The van der Waals surface area contributed by atoms with E-state index in [2.05, 4.69) is 124 Å². The number of benzene rings is 2. The lowest BCUT2D eigenvalue weighted by molar-refractivity contribution is 0.00578. The molecule has 0 amide bonds. The van der Waals surface area contributed by atoms with Crippen molar-refractivity contribution in [2.24, 2.45) is 0 Å². The molecule has 2 aromatic carbocycles. The van der Waals surface area contributed by atoms with Crippen LogP contribution in [0.15, 0.2) is 85.5 Å². The molecular formula is C36H52B2N4O5Si. The zero-order valence-corrected chi connectivity index (χ0v) is 31.5. The second kappa shape index (κ2) is 13.4. The highest BCUT2D eigenvalue weighted by atomic mass is 28.4. The Morgan fingerprint density at radius 3 is 1.58 bits per heavy atom. The minimum atomic E-state index is -2.55. The van der Waals surface area contributed by atoms with Gasteiger partial charge in [0.2, 0.25) is 0 Å². The maximum atomic E-state index is 6.99. The van der Waals surface area contributed by atoms with Gasteiger partial charge in [-0.15, -0.1) is 0 Å². The van der Waals surface area contributed by atoms with Crippen molar-refractivity contribution in [3.05, 3.63) is 85.5 Å². The Morgan fingerprint density at radius 1 is 0.708 bits per heavy atom. The zero-order valence-electron chi connectivity index (χ0n) is 30.5. The average Bonchev–Trinajstić information content (AvgIpc) is 3.79. The first kappa shape index (κ1) is 36.3. The van der Waals surface area contributed by atoms with E-state index in [9.17, 15) is 0 Å². The van der Waals surface area contributed by atoms with Crippen LogP contribution in [0.1, 0.15) is 76.2 Å². The van der Waals surface area contributed by atoms with Crippen LogP contribution in [-0.4, -0.2) is 71.5 Å². The van der Waals surface area contributed by atoms with Gasteiger partial charge in [-0.1, -0.05) is 81.4 Å². The normalized spacial score (nSPS) is 19.6. The van der Waals surface area contributed by atoms with Crippen molar-refractivity contribution < 1.29 is 23.0 Å². The maximum absolute atomic E-state index is 6.99. The highest BCUT2D eigenvalue weighted by Gasteiger charge is 2.53. The number of aromatic amines is 1. The number of nitrogens with one attached hydrogen (secondary N) is 1. The third-order valence-corrected chi connectivity index (χ3v) is 15.3. The second-order valence-electron chi connectivity index (χ2n) is 15.8. The highest BCUT2D eigenvalue weighted by molar-refractivity contribution is 6.99. The Morgan fingerprint density at radius 2 is 1.17 bits per heavy atom. The summed E-state index contributed by atoms with van der Waals surface area (Å²) in [6.07, 6.45) is 7.37. The summed E-state index contributed by atoms with van der Waals surface area (Å²) in [6, 6.07) is 21.4. The largest absolute Gasteiger partial charge is 0.498 e. The SMILES string of the molecule is CC1(C)OB(c2cn[nH]c2)OC1(C)C.CC1(C)OB(c2cnn(CCO[Si](c3ccccc3)(c3ccccc3)C(C)(C)C)c2)OC1(C)C. The Balaban J connectivity index is 0.000000267. The van der Waals surface area contributed by atoms with E-state index in [0.717, 1.165) is 10.9 Å². The molecule has 0 bridgehead atoms. The molecule has 2 aromatic heterocycles. The molecule has 2 fully saturated rings. The molecule has 2 saturated heterocycles. The average molecular weight is 671 g/mol. The number of hydrogen-bond acceptors (Lipinski definition) is 7. The molecule has 6 rings (SSSR count). The van der Waals surface area contributed by atoms with E-state index in [-0.39, 0.29) is 34.6 Å². The first-order valence-corrected chi connectivity index (χ1v) is 18.8. The Labute approximate surface area is 288 Å². The van der Waals surface area contributed by atoms with E-state index in [4.69, 9.17) is 23.0 Å². The molecule has 2 aliphatic rings. The lowest BCUT2D eigenvalue weighted by atomic mass is 9.82. The Hall–Kier alpha value is -2.99. The van der Waals surface area contributed by atoms with E-state index in [1.807, 2.05) is 44.8 Å². The van der Waals surface area contributed by atoms with Crippen LogP contribution in [0.2, 0.25) is 5.04 Å². The van der Waals surface area contributed by atoms with Crippen molar-refractivity contribution in [3.8, 4) is 0 Å². The minimum absolute atomic E-state index is 0.0479. The highest BCUT2D eigenvalue weighted by Crippen LogP contribution is 2.38. The van der Waals surface area contributed by atoms with Gasteiger partial charge in [0, 0.05) is 35.7 Å². The van der Waals surface area contributed by atoms with Crippen LogP contribution >= 0.6 is 0 Å². The van der Waals surface area contributed by atoms with Gasteiger partial charge in [-0.3, -0.25) is 9.78 Å². The smallest absolute Gasteiger partial charge is 0.406 e. The maximum Gasteiger partial charge on any atom is 0.498 e. The summed E-state index contributed by atoms with van der Waals surface area (Å²) in [4.78, 5) is 0. The van der Waals surface area contributed by atoms with Crippen LogP contribution in [0, 0.1) is 0 Å². The molecule has 48 heavy (non-hydrogen) atoms. The Bertz CT molecular complexity index is 1550. The molecule has 1 N–H and O–H groups in total. The van der Waals surface area contributed by atoms with Gasteiger partial charge < -0.3 is 23.0 Å². The first-order chi connectivity index (χ1) is 22.4. The fourth-order valence-electron chi connectivity index (χ4n) is 6.03. The van der Waals surface area contributed by atoms with E-state index in [1.165, 1.54) is 10.4 Å². The molecule has 2 aliphatic heterocycles. The molecule has 4 aromatic rings. The van der Waals surface area contributed by atoms with Crippen LogP contribution in [0.4, 0.5) is 0 Å². The van der Waals surface area contributed by atoms with Gasteiger partial charge in [0.1, 0.15) is 0 Å². The van der Waals surface area contributed by atoms with Crippen LogP contribution in [-0.2, 0) is 29.6 Å². The summed E-state index contributed by atoms with van der Waals surface area (Å²) in [5.74, 6) is 0. The second-order valence-corrected chi connectivity index (χ2v) is 20.1. The third-order valence-electron chi connectivity index (χ3n) is 10.3. The number of rotatable bonds is 8. The topological polar surface area (TPSA) is 92.7 Å². The van der Waals surface area contributed by atoms with Crippen molar-refractivity contribution in [2.75, 3.05) is 6.61 Å². The molecule has 0 unspecified atom stereocenters. The van der Waals surface area contributed by atoms with Gasteiger partial charge >= 0.3 is 14.2 Å². The van der Waals surface area contributed by atoms with E-state index >= 15 is 0 Å². The van der Waals surface area contributed by atoms with Gasteiger partial charge in [-0.05, 0) is 70.8 Å². The summed E-state index contributed by atoms with van der Waals surface area (Å²) in [5, 5.41) is 13.7. The van der Waals surface area contributed by atoms with Crippen molar-refractivity contribution in [2.45, 2.75) is 110 Å². The van der Waals surface area contributed by atoms with Crippen molar-refractivity contribution in [1.29, 1.82) is 0 Å². The fraction of sp³-hybridized carbons (Fsp3) is 0.500. The minimum Gasteiger partial charge on any atom is -0.406 e. The molecule has 256 valence electrons. The number of nitrogens with zero attached hydrogens (tertiary/aromatic N) is 3. The fourth-order valence-corrected chi connectivity index (χ4v) is 10.6. The summed E-state index contributed by atoms with van der Waals surface area (Å²) < 4.78 is 32.9. The van der Waals surface area contributed by atoms with Crippen LogP contribution < -0.4 is 21.3 Å². The number of hydrogen-bond donors (Lipinski definition) is 1. The lowest BCUT2D eigenvalue weighted by Gasteiger charge is -2.43. The lowest BCUT2D eigenvalue weighted by Crippen LogP contribution is -2.66. The Kier molecular flexibility index (Phi) is 10.1. The van der Waals surface area contributed by atoms with Crippen molar-refractivity contribution in [3.63, 3.8) is 0 Å². The monoisotopic (exact) mass is 670 g/mol. The van der Waals surface area contributed by atoms with Gasteiger partial charge in [0.05, 0.1) is 35.6 Å². The van der Waals surface area contributed by atoms with Crippen molar-refractivity contribution in [1.82, 2.24) is 20.0 Å². The molecular weight excluding hydrogens is 618 g/mol. The number of H-pyrrole nitrogens is 1. The predicted octanol–water partition coefficient (Wildman–Crippen LogP) is 4.47. The van der Waals surface area contributed by atoms with Crippen LogP contribution in [0.5, 0.6) is 0 Å². The van der Waals surface area contributed by atoms with Gasteiger partial charge in [-0.25, -0.2) is 0 Å². The van der Waals surface area contributed by atoms with Gasteiger partial charge in [0.15, 0.2) is 0 Å². The molecule has 0 spiro atoms. The van der Waals surface area contributed by atoms with Crippen molar-refractivity contribution >= 4 is 43.9 Å². The third kappa shape index (κ3) is 7.15. The predicted molar refractivity (Wildman–Crippen MR) is 196 cm³/mol. The molecule has 0 saturated carbocycles. The van der Waals surface area contributed by atoms with Crippen LogP contribution in [0.3, 0.4) is 0 Å². The quantitative estimate of drug-likeness (QED) is 0.277. The number of aromatic nitrogens is 4. The summed E-state index contributed by atoms with van der Waals surface area (Å²) >= 11 is 0. The van der Waals surface area contributed by atoms with Gasteiger partial charge in [-0.2, -0.15) is 10.2 Å². The summed E-state index contributed by atoms with van der Waals surface area (Å²) in [6.45, 7) is 24.5. The standard InChI is InChI=1S/C27H37BN2O3Si.C9H15BN2O2/c1-25(2,3)34(23-14-10-8-11-15-23,24-16-12-9-13-17-24)31-19-18-30-21-22(20-29-30)28-32-26(4,5)27(6,7)33-28;1-8(2)9(3,4)14-10(13-8)7-5-11-12-6-7/h8-17,20-21H,18-19H2,1-7H3;5-6H,1-4H3,(H,11,12). The molecule has 0 aliphatic carbocycles. The zero-order chi connectivity index (χ0) is 35.0. The summed E-state index contributed by atoms with van der Waals surface area (Å²) in [5.41, 5.74) is 0.565. The molecule has 9 nitrogen and oxygen atoms in total. The molecule has 0 radical (unpaired) electrons. The van der Waals surface area contributed by atoms with Crippen LogP contribution in [0.25, 0.3) is 0 Å². The molecule has 4 heterocycles. The van der Waals surface area contributed by atoms with E-state index in [1.54, 1.807) is 12.4 Å². The van der Waals surface area contributed by atoms with Gasteiger partial charge in [0.25, 0.3) is 8.32 Å². The summed E-state index contributed by atoms with van der Waals surface area (Å²) in [7, 11) is -3.26.